The monoisotopic (exact) mass is 749 g/mol. The van der Waals surface area contributed by atoms with E-state index < -0.39 is 29.2 Å². The first-order valence-corrected chi connectivity index (χ1v) is 18.4. The Morgan fingerprint density at radius 2 is 1.87 bits per heavy atom. The minimum Gasteiger partial charge on any atom is -0.396 e. The second kappa shape index (κ2) is 16.5. The number of hydrogen-bond acceptors (Lipinski definition) is 9. The number of pyridine rings is 1. The maximum Gasteiger partial charge on any atom is 0.239 e. The number of aromatic nitrogens is 3. The molecule has 1 fully saturated rings. The normalized spacial score (nSPS) is 14.0. The van der Waals surface area contributed by atoms with E-state index in [1.165, 1.54) is 24.1 Å². The highest BCUT2D eigenvalue weighted by Crippen LogP contribution is 2.40. The number of amides is 1. The summed E-state index contributed by atoms with van der Waals surface area (Å²) in [6.07, 6.45) is 3.96. The van der Waals surface area contributed by atoms with Crippen molar-refractivity contribution in [2.24, 2.45) is 13.0 Å². The Bertz CT molecular complexity index is 2080. The lowest BCUT2D eigenvalue weighted by Crippen LogP contribution is -2.37. The van der Waals surface area contributed by atoms with Crippen molar-refractivity contribution >= 4 is 51.9 Å². The lowest BCUT2D eigenvalue weighted by atomic mass is 9.93. The van der Waals surface area contributed by atoms with Crippen molar-refractivity contribution in [3.63, 3.8) is 0 Å². The lowest BCUT2D eigenvalue weighted by molar-refractivity contribution is -0.120. The quantitative estimate of drug-likeness (QED) is 0.0490. The first-order chi connectivity index (χ1) is 24.7. The minimum atomic E-state index is -1.31. The number of carbonyl (C=O) groups is 1. The third-order valence-corrected chi connectivity index (χ3v) is 9.23. The van der Waals surface area contributed by atoms with Crippen LogP contribution in [0.25, 0.3) is 22.0 Å². The molecule has 1 atom stereocenters. The predicted molar refractivity (Wildman–Crippen MR) is 203 cm³/mol. The smallest absolute Gasteiger partial charge is 0.239 e. The summed E-state index contributed by atoms with van der Waals surface area (Å²) in [7, 11) is 1.79. The van der Waals surface area contributed by atoms with E-state index in [4.69, 9.17) is 22.0 Å². The van der Waals surface area contributed by atoms with E-state index in [0.29, 0.717) is 61.2 Å². The number of aliphatic hydroxyl groups is 2. The van der Waals surface area contributed by atoms with Crippen LogP contribution in [0.5, 0.6) is 0 Å². The molecule has 0 bridgehead atoms. The second-order valence-corrected chi connectivity index (χ2v) is 14.3. The molecule has 14 heteroatoms. The molecule has 0 aliphatic heterocycles. The van der Waals surface area contributed by atoms with Crippen LogP contribution in [0, 0.1) is 34.8 Å². The van der Waals surface area contributed by atoms with Crippen LogP contribution in [-0.4, -0.2) is 61.6 Å². The van der Waals surface area contributed by atoms with Crippen molar-refractivity contribution < 1.29 is 23.8 Å². The summed E-state index contributed by atoms with van der Waals surface area (Å²) in [5.74, 6) is 4.42. The molecule has 2 aromatic heterocycles. The fourth-order valence-electron chi connectivity index (χ4n) is 6.02. The average molecular weight is 750 g/mol. The van der Waals surface area contributed by atoms with Gasteiger partial charge in [0.15, 0.2) is 5.82 Å². The average Bonchev–Trinajstić information content (AvgIpc) is 3.88. The number of fused-ring (bicyclic) bond motifs is 1. The zero-order valence-electron chi connectivity index (χ0n) is 29.6. The lowest BCUT2D eigenvalue weighted by Gasteiger charge is -2.23. The zero-order chi connectivity index (χ0) is 37.7. The Hall–Kier alpha value is -4.48. The molecule has 52 heavy (non-hydrogen) atoms. The summed E-state index contributed by atoms with van der Waals surface area (Å²) in [5.41, 5.74) is 3.32. The van der Waals surface area contributed by atoms with Crippen LogP contribution >= 0.6 is 23.5 Å². The number of aryl methyl sites for hydroxylation is 1. The Labute approximate surface area is 311 Å². The zero-order valence-corrected chi connectivity index (χ0v) is 31.2. The van der Waals surface area contributed by atoms with E-state index in [0.717, 1.165) is 18.9 Å². The van der Waals surface area contributed by atoms with Crippen LogP contribution in [0.3, 0.4) is 0 Å². The topological polar surface area (TPSA) is 148 Å². The summed E-state index contributed by atoms with van der Waals surface area (Å²) in [6.45, 7) is 4.55. The van der Waals surface area contributed by atoms with E-state index in [2.05, 4.69) is 32.3 Å². The van der Waals surface area contributed by atoms with Gasteiger partial charge in [0.2, 0.25) is 5.91 Å². The standard InChI is InChI=1S/C38H42ClF2N7O3S/c1-21(27(13-15-49)34(42)23-6-7-23)43-20-32(50)45-31(18-22-16-24(40)19-25(41)17-22)35-28(9-8-26(44-35)12-14-38(2,3)51)29-10-11-30(39)33-36(29)48(4)46-37(33)47-52-5/h8-11,16-17,19,23,31,42-43,49,51H,6-7,13,15,18,20H2,1-5H3,(H,45,50)(H,46,47)/b27-21-,42-34?/t31-/m0/s1. The molecule has 0 spiro atoms. The second-order valence-electron chi connectivity index (χ2n) is 13.3. The molecule has 5 rings (SSSR count). The summed E-state index contributed by atoms with van der Waals surface area (Å²) in [6, 6.07) is 9.33. The molecule has 4 aromatic rings. The van der Waals surface area contributed by atoms with Crippen LogP contribution in [-0.2, 0) is 18.3 Å². The Morgan fingerprint density at radius 1 is 1.17 bits per heavy atom. The van der Waals surface area contributed by atoms with Gasteiger partial charge in [0, 0.05) is 54.4 Å². The van der Waals surface area contributed by atoms with Gasteiger partial charge in [-0.2, -0.15) is 5.10 Å². The fraction of sp³-hybridized carbons (Fsp3) is 0.368. The van der Waals surface area contributed by atoms with Crippen LogP contribution in [0.2, 0.25) is 5.02 Å². The molecule has 0 radical (unpaired) electrons. The first-order valence-electron chi connectivity index (χ1n) is 16.8. The Morgan fingerprint density at radius 3 is 2.50 bits per heavy atom. The van der Waals surface area contributed by atoms with Gasteiger partial charge < -0.3 is 31.0 Å². The molecule has 6 N–H and O–H groups in total. The van der Waals surface area contributed by atoms with Crippen molar-refractivity contribution in [3.05, 3.63) is 87.3 Å². The molecule has 1 saturated carbocycles. The molecule has 1 aliphatic rings. The van der Waals surface area contributed by atoms with Crippen LogP contribution in [0.4, 0.5) is 14.6 Å². The van der Waals surface area contributed by atoms with Gasteiger partial charge in [-0.15, -0.1) is 0 Å². The number of rotatable bonds is 14. The summed E-state index contributed by atoms with van der Waals surface area (Å²) in [5, 5.41) is 40.4. The van der Waals surface area contributed by atoms with Crippen molar-refractivity contribution in [1.29, 1.82) is 5.41 Å². The number of carbonyl (C=O) groups excluding carboxylic acids is 1. The third-order valence-electron chi connectivity index (χ3n) is 8.51. The molecule has 0 unspecified atom stereocenters. The SMILES string of the molecule is CSNc1nn(C)c2c(-c3ccc(C#CC(C)(C)O)nc3[C@H](Cc3cc(F)cc(F)c3)NC(=O)CN/C(C)=C(/CCO)C(=N)C3CC3)ccc(Cl)c12. The van der Waals surface area contributed by atoms with Crippen LogP contribution < -0.4 is 15.4 Å². The maximum atomic E-state index is 14.5. The Balaban J connectivity index is 1.63. The number of anilines is 1. The van der Waals surface area contributed by atoms with Crippen molar-refractivity contribution in [3.8, 4) is 23.0 Å². The van der Waals surface area contributed by atoms with Crippen molar-refractivity contribution in [2.75, 3.05) is 24.1 Å². The van der Waals surface area contributed by atoms with E-state index in [-0.39, 0.29) is 37.5 Å². The largest absolute Gasteiger partial charge is 0.396 e. The summed E-state index contributed by atoms with van der Waals surface area (Å²) >= 11 is 8.07. The molecule has 1 amide bonds. The van der Waals surface area contributed by atoms with Gasteiger partial charge >= 0.3 is 0 Å². The Kier molecular flexibility index (Phi) is 12.3. The van der Waals surface area contributed by atoms with Crippen molar-refractivity contribution in [2.45, 2.75) is 58.1 Å². The molecule has 2 heterocycles. The van der Waals surface area contributed by atoms with Gasteiger partial charge in [0.05, 0.1) is 34.2 Å². The van der Waals surface area contributed by atoms with E-state index in [1.807, 2.05) is 12.3 Å². The van der Waals surface area contributed by atoms with Crippen molar-refractivity contribution in [1.82, 2.24) is 25.4 Å². The molecule has 0 saturated heterocycles. The highest BCUT2D eigenvalue weighted by atomic mass is 35.5. The highest BCUT2D eigenvalue weighted by molar-refractivity contribution is 7.99. The summed E-state index contributed by atoms with van der Waals surface area (Å²) < 4.78 is 33.9. The van der Waals surface area contributed by atoms with Gasteiger partial charge in [0.1, 0.15) is 22.9 Å². The fourth-order valence-corrected chi connectivity index (χ4v) is 6.60. The van der Waals surface area contributed by atoms with Gasteiger partial charge in [0.25, 0.3) is 0 Å². The molecular formula is C38H42ClF2N7O3S. The first kappa shape index (κ1) is 38.7. The number of allylic oxidation sites excluding steroid dienone is 1. The highest BCUT2D eigenvalue weighted by Gasteiger charge is 2.30. The summed E-state index contributed by atoms with van der Waals surface area (Å²) in [4.78, 5) is 18.6. The number of aliphatic hydroxyl groups excluding tert-OH is 1. The predicted octanol–water partition coefficient (Wildman–Crippen LogP) is 6.45. The molecular weight excluding hydrogens is 708 g/mol. The number of hydrogen-bond donors (Lipinski definition) is 6. The van der Waals surface area contributed by atoms with E-state index >= 15 is 0 Å². The van der Waals surface area contributed by atoms with Gasteiger partial charge in [-0.1, -0.05) is 35.5 Å². The van der Waals surface area contributed by atoms with Crippen LogP contribution in [0.1, 0.15) is 63.0 Å². The number of nitrogens with zero attached hydrogens (tertiary/aromatic N) is 3. The van der Waals surface area contributed by atoms with Crippen LogP contribution in [0.15, 0.2) is 53.7 Å². The van der Waals surface area contributed by atoms with Gasteiger partial charge in [-0.25, -0.2) is 13.8 Å². The third kappa shape index (κ3) is 9.49. The van der Waals surface area contributed by atoms with E-state index in [1.54, 1.807) is 50.7 Å². The van der Waals surface area contributed by atoms with E-state index in [9.17, 15) is 23.8 Å². The number of nitrogens with one attached hydrogen (secondary N) is 4. The number of halogens is 3. The van der Waals surface area contributed by atoms with Gasteiger partial charge in [-0.3, -0.25) is 9.48 Å². The van der Waals surface area contributed by atoms with Gasteiger partial charge in [-0.05, 0) is 93.8 Å². The maximum absolute atomic E-state index is 14.5. The number of benzene rings is 2. The molecule has 1 aliphatic carbocycles. The molecule has 10 nitrogen and oxygen atoms in total. The minimum absolute atomic E-state index is 0.0406. The molecule has 2 aromatic carbocycles. The molecule has 274 valence electrons.